The molecular weight excluding hydrogens is 378 g/mol. The van der Waals surface area contributed by atoms with Crippen molar-refractivity contribution >= 4 is 17.6 Å². The normalized spacial score (nSPS) is 21.9. The minimum Gasteiger partial charge on any atom is -0.373 e. The summed E-state index contributed by atoms with van der Waals surface area (Å²) < 4.78 is 6.05. The van der Waals surface area contributed by atoms with Gasteiger partial charge in [0.2, 0.25) is 5.91 Å². The number of nitrogens with one attached hydrogen (secondary N) is 2. The number of anilines is 1. The fraction of sp³-hybridized carbons (Fsp3) is 0.391. The molecule has 0 aliphatic carbocycles. The van der Waals surface area contributed by atoms with Gasteiger partial charge >= 0.3 is 0 Å². The number of likely N-dealkylation sites (tertiary alicyclic amines) is 1. The summed E-state index contributed by atoms with van der Waals surface area (Å²) in [6, 6.07) is 20.3. The third kappa shape index (κ3) is 4.98. The number of carbonyl (C=O) groups excluding carboxylic acids is 1. The van der Waals surface area contributed by atoms with Crippen LogP contribution >= 0.6 is 0 Å². The Morgan fingerprint density at radius 1 is 1.10 bits per heavy atom. The molecular formula is C23H29N5O2. The molecule has 1 amide bonds. The number of benzene rings is 2. The maximum atomic E-state index is 12.3. The van der Waals surface area contributed by atoms with Gasteiger partial charge in [-0.2, -0.15) is 0 Å². The van der Waals surface area contributed by atoms with Crippen molar-refractivity contribution in [3.63, 3.8) is 0 Å². The highest BCUT2D eigenvalue weighted by atomic mass is 16.5. The quantitative estimate of drug-likeness (QED) is 0.584. The van der Waals surface area contributed by atoms with Gasteiger partial charge in [0.25, 0.3) is 0 Å². The monoisotopic (exact) mass is 407 g/mol. The smallest absolute Gasteiger partial charge is 0.243 e. The number of ether oxygens (including phenoxy) is 1. The van der Waals surface area contributed by atoms with E-state index in [1.165, 1.54) is 5.56 Å². The second kappa shape index (κ2) is 9.73. The van der Waals surface area contributed by atoms with Gasteiger partial charge < -0.3 is 20.3 Å². The second-order valence-corrected chi connectivity index (χ2v) is 7.65. The van der Waals surface area contributed by atoms with Crippen molar-refractivity contribution in [3.05, 3.63) is 66.2 Å². The molecule has 7 nitrogen and oxygen atoms in total. The Kier molecular flexibility index (Phi) is 6.61. The molecule has 7 heteroatoms. The molecule has 2 fully saturated rings. The lowest BCUT2D eigenvalue weighted by atomic mass is 10.1. The van der Waals surface area contributed by atoms with Crippen LogP contribution in [0.3, 0.4) is 0 Å². The van der Waals surface area contributed by atoms with Crippen LogP contribution < -0.4 is 10.6 Å². The number of amides is 1. The van der Waals surface area contributed by atoms with Crippen LogP contribution in [0.1, 0.15) is 5.56 Å². The van der Waals surface area contributed by atoms with E-state index in [0.717, 1.165) is 44.4 Å². The Morgan fingerprint density at radius 3 is 2.57 bits per heavy atom. The summed E-state index contributed by atoms with van der Waals surface area (Å²) in [6.45, 7) is 4.36. The summed E-state index contributed by atoms with van der Waals surface area (Å²) in [6.07, 6.45) is 0.152. The van der Waals surface area contributed by atoms with E-state index < -0.39 is 0 Å². The lowest BCUT2D eigenvalue weighted by molar-refractivity contribution is -0.115. The molecule has 4 rings (SSSR count). The fourth-order valence-electron chi connectivity index (χ4n) is 4.16. The minimum absolute atomic E-state index is 0.0964. The topological polar surface area (TPSA) is 69.2 Å². The number of aliphatic imine (C=N–C) groups is 1. The first kappa shape index (κ1) is 20.4. The van der Waals surface area contributed by atoms with Gasteiger partial charge in [0, 0.05) is 38.9 Å². The van der Waals surface area contributed by atoms with Gasteiger partial charge in [-0.05, 0) is 17.7 Å². The molecule has 158 valence electrons. The summed E-state index contributed by atoms with van der Waals surface area (Å²) in [5.74, 6) is 0.636. The van der Waals surface area contributed by atoms with Crippen LogP contribution in [-0.4, -0.2) is 73.6 Å². The standard InChI is InChI=1S/C23H29N5O2/c1-24-23(25-14-22(29)26-19-10-6-3-7-11-19)28-16-20-21(17-28)30-13-12-27(20)15-18-8-4-2-5-9-18/h2-11,20-21H,12-17H2,1H3,(H,24,25)(H,26,29). The number of para-hydroxylation sites is 1. The Labute approximate surface area is 177 Å². The van der Waals surface area contributed by atoms with E-state index in [4.69, 9.17) is 4.74 Å². The molecule has 2 aliphatic heterocycles. The van der Waals surface area contributed by atoms with Crippen LogP contribution in [-0.2, 0) is 16.1 Å². The molecule has 2 aromatic rings. The van der Waals surface area contributed by atoms with Gasteiger partial charge in [-0.3, -0.25) is 14.7 Å². The van der Waals surface area contributed by atoms with Crippen molar-refractivity contribution in [1.29, 1.82) is 0 Å². The largest absolute Gasteiger partial charge is 0.373 e. The highest BCUT2D eigenvalue weighted by Gasteiger charge is 2.41. The predicted octanol–water partition coefficient (Wildman–Crippen LogP) is 1.79. The number of nitrogens with zero attached hydrogens (tertiary/aromatic N) is 3. The average Bonchev–Trinajstić information content (AvgIpc) is 3.21. The van der Waals surface area contributed by atoms with Crippen LogP contribution in [0.5, 0.6) is 0 Å². The lowest BCUT2D eigenvalue weighted by Gasteiger charge is -2.36. The van der Waals surface area contributed by atoms with Crippen molar-refractivity contribution in [1.82, 2.24) is 15.1 Å². The predicted molar refractivity (Wildman–Crippen MR) is 118 cm³/mol. The molecule has 2 atom stereocenters. The van der Waals surface area contributed by atoms with Crippen molar-refractivity contribution in [2.75, 3.05) is 45.2 Å². The van der Waals surface area contributed by atoms with E-state index in [0.29, 0.717) is 6.04 Å². The van der Waals surface area contributed by atoms with Crippen LogP contribution in [0.4, 0.5) is 5.69 Å². The van der Waals surface area contributed by atoms with Gasteiger partial charge in [0.15, 0.2) is 5.96 Å². The molecule has 2 aromatic carbocycles. The third-order valence-corrected chi connectivity index (χ3v) is 5.62. The molecule has 2 saturated heterocycles. The first-order valence-corrected chi connectivity index (χ1v) is 10.4. The first-order chi connectivity index (χ1) is 14.7. The van der Waals surface area contributed by atoms with E-state index in [1.54, 1.807) is 7.05 Å². The zero-order valence-electron chi connectivity index (χ0n) is 17.3. The van der Waals surface area contributed by atoms with Crippen LogP contribution in [0, 0.1) is 0 Å². The number of guanidine groups is 1. The van der Waals surface area contributed by atoms with E-state index in [1.807, 2.05) is 36.4 Å². The van der Waals surface area contributed by atoms with Crippen molar-refractivity contribution in [2.45, 2.75) is 18.7 Å². The SMILES string of the molecule is CN=C(NCC(=O)Nc1ccccc1)N1CC2OCCN(Cc3ccccc3)C2C1. The van der Waals surface area contributed by atoms with Crippen LogP contribution in [0.25, 0.3) is 0 Å². The highest BCUT2D eigenvalue weighted by Crippen LogP contribution is 2.24. The molecule has 2 N–H and O–H groups in total. The Morgan fingerprint density at radius 2 is 1.83 bits per heavy atom. The molecule has 2 aliphatic rings. The number of morpholine rings is 1. The summed E-state index contributed by atoms with van der Waals surface area (Å²) in [7, 11) is 1.75. The molecule has 2 unspecified atom stereocenters. The molecule has 0 saturated carbocycles. The van der Waals surface area contributed by atoms with Crippen molar-refractivity contribution < 1.29 is 9.53 Å². The fourth-order valence-corrected chi connectivity index (χ4v) is 4.16. The Hall–Kier alpha value is -2.90. The average molecular weight is 408 g/mol. The number of carbonyl (C=O) groups is 1. The number of hydrogen-bond donors (Lipinski definition) is 2. The van der Waals surface area contributed by atoms with E-state index in [2.05, 4.69) is 49.7 Å². The minimum atomic E-state index is -0.0964. The van der Waals surface area contributed by atoms with Gasteiger partial charge in [-0.15, -0.1) is 0 Å². The zero-order valence-corrected chi connectivity index (χ0v) is 17.3. The van der Waals surface area contributed by atoms with E-state index >= 15 is 0 Å². The molecule has 30 heavy (non-hydrogen) atoms. The first-order valence-electron chi connectivity index (χ1n) is 10.4. The van der Waals surface area contributed by atoms with Gasteiger partial charge in [0.1, 0.15) is 0 Å². The van der Waals surface area contributed by atoms with Gasteiger partial charge in [-0.25, -0.2) is 0 Å². The number of hydrogen-bond acceptors (Lipinski definition) is 4. The maximum absolute atomic E-state index is 12.3. The molecule has 0 bridgehead atoms. The molecule has 0 radical (unpaired) electrons. The molecule has 2 heterocycles. The summed E-state index contributed by atoms with van der Waals surface area (Å²) in [5, 5.41) is 6.08. The van der Waals surface area contributed by atoms with E-state index in [9.17, 15) is 4.79 Å². The second-order valence-electron chi connectivity index (χ2n) is 7.65. The highest BCUT2D eigenvalue weighted by molar-refractivity contribution is 5.95. The summed E-state index contributed by atoms with van der Waals surface area (Å²) >= 11 is 0. The van der Waals surface area contributed by atoms with E-state index in [-0.39, 0.29) is 18.6 Å². The number of fused-ring (bicyclic) bond motifs is 1. The van der Waals surface area contributed by atoms with Crippen molar-refractivity contribution in [3.8, 4) is 0 Å². The van der Waals surface area contributed by atoms with Crippen molar-refractivity contribution in [2.24, 2.45) is 4.99 Å². The Bertz CT molecular complexity index is 858. The maximum Gasteiger partial charge on any atom is 0.243 e. The van der Waals surface area contributed by atoms with Crippen LogP contribution in [0.2, 0.25) is 0 Å². The Balaban J connectivity index is 1.33. The molecule has 0 spiro atoms. The van der Waals surface area contributed by atoms with Gasteiger partial charge in [-0.1, -0.05) is 48.5 Å². The third-order valence-electron chi connectivity index (χ3n) is 5.62. The number of rotatable bonds is 5. The lowest BCUT2D eigenvalue weighted by Crippen LogP contribution is -2.50. The summed E-state index contributed by atoms with van der Waals surface area (Å²) in [5.41, 5.74) is 2.10. The zero-order chi connectivity index (χ0) is 20.8. The van der Waals surface area contributed by atoms with Gasteiger partial charge in [0.05, 0.1) is 25.3 Å². The van der Waals surface area contributed by atoms with Crippen LogP contribution in [0.15, 0.2) is 65.7 Å². The summed E-state index contributed by atoms with van der Waals surface area (Å²) in [4.78, 5) is 21.4. The molecule has 0 aromatic heterocycles.